The molecule has 5 rings (SSSR count). The summed E-state index contributed by atoms with van der Waals surface area (Å²) >= 11 is 7.67. The summed E-state index contributed by atoms with van der Waals surface area (Å²) in [7, 11) is 3.23. The summed E-state index contributed by atoms with van der Waals surface area (Å²) in [4.78, 5) is 22.9. The lowest BCUT2D eigenvalue weighted by atomic mass is 10.1. The first kappa shape index (κ1) is 22.6. The number of aromatic nitrogens is 2. The number of fused-ring (bicyclic) bond motifs is 1. The number of piperazine rings is 1. The Bertz CT molecular complexity index is 1330. The third kappa shape index (κ3) is 4.43. The molecule has 34 heavy (non-hydrogen) atoms. The van der Waals surface area contributed by atoms with E-state index in [1.807, 2.05) is 57.3 Å². The highest BCUT2D eigenvalue weighted by Gasteiger charge is 2.23. The van der Waals surface area contributed by atoms with E-state index in [9.17, 15) is 4.79 Å². The minimum Gasteiger partial charge on any atom is -0.493 e. The normalized spacial score (nSPS) is 14.0. The van der Waals surface area contributed by atoms with E-state index in [0.717, 1.165) is 45.7 Å². The maximum atomic E-state index is 13.1. The van der Waals surface area contributed by atoms with Gasteiger partial charge in [-0.05, 0) is 36.4 Å². The van der Waals surface area contributed by atoms with Gasteiger partial charge in [0.15, 0.2) is 16.5 Å². The molecule has 9 heteroatoms. The molecule has 176 valence electrons. The molecule has 4 aromatic rings. The van der Waals surface area contributed by atoms with E-state index < -0.39 is 0 Å². The number of imidazole rings is 1. The van der Waals surface area contributed by atoms with Crippen LogP contribution in [0.5, 0.6) is 11.5 Å². The Morgan fingerprint density at radius 3 is 2.59 bits per heavy atom. The van der Waals surface area contributed by atoms with E-state index in [0.29, 0.717) is 31.0 Å². The number of nitrogens with zero attached hydrogens (tertiary/aromatic N) is 4. The average molecular weight is 497 g/mol. The van der Waals surface area contributed by atoms with Crippen LogP contribution in [0.25, 0.3) is 16.2 Å². The fraction of sp³-hybridized carbons (Fsp3) is 0.280. The molecule has 1 saturated heterocycles. The quantitative estimate of drug-likeness (QED) is 0.389. The third-order valence-corrected chi connectivity index (χ3v) is 7.22. The number of ether oxygens (including phenoxy) is 2. The van der Waals surface area contributed by atoms with E-state index >= 15 is 0 Å². The highest BCUT2D eigenvalue weighted by molar-refractivity contribution is 7.15. The molecule has 0 unspecified atom stereocenters. The van der Waals surface area contributed by atoms with Gasteiger partial charge in [-0.15, -0.1) is 11.3 Å². The minimum absolute atomic E-state index is 0.131. The summed E-state index contributed by atoms with van der Waals surface area (Å²) in [5.74, 6) is 1.46. The minimum atomic E-state index is 0.131. The Labute approximate surface area is 207 Å². The Kier molecular flexibility index (Phi) is 6.34. The van der Waals surface area contributed by atoms with E-state index in [4.69, 9.17) is 26.1 Å². The van der Waals surface area contributed by atoms with Crippen molar-refractivity contribution in [3.8, 4) is 22.8 Å². The van der Waals surface area contributed by atoms with Crippen molar-refractivity contribution in [2.75, 3.05) is 45.3 Å². The monoisotopic (exact) mass is 496 g/mol. The second-order valence-corrected chi connectivity index (χ2v) is 9.37. The van der Waals surface area contributed by atoms with Gasteiger partial charge in [-0.25, -0.2) is 4.98 Å². The molecule has 0 bridgehead atoms. The second-order valence-electron chi connectivity index (χ2n) is 8.10. The predicted octanol–water partition coefficient (Wildman–Crippen LogP) is 4.62. The summed E-state index contributed by atoms with van der Waals surface area (Å²) in [6.45, 7) is 2.97. The van der Waals surface area contributed by atoms with Crippen molar-refractivity contribution < 1.29 is 14.3 Å². The largest absolute Gasteiger partial charge is 0.493 e. The summed E-state index contributed by atoms with van der Waals surface area (Å²) in [5.41, 5.74) is 3.81. The van der Waals surface area contributed by atoms with Gasteiger partial charge < -0.3 is 19.3 Å². The van der Waals surface area contributed by atoms with Crippen molar-refractivity contribution in [2.45, 2.75) is 6.42 Å². The maximum Gasteiger partial charge on any atom is 0.228 e. The van der Waals surface area contributed by atoms with Gasteiger partial charge >= 0.3 is 0 Å². The SMILES string of the molecule is COc1ccc(-c2cn3c(CC(=O)N4CCN(c5cccc(Cl)c5)CC4)csc3n2)cc1OC. The summed E-state index contributed by atoms with van der Waals surface area (Å²) in [5, 5.41) is 2.74. The highest BCUT2D eigenvalue weighted by atomic mass is 35.5. The number of benzene rings is 2. The lowest BCUT2D eigenvalue weighted by Crippen LogP contribution is -2.49. The molecule has 0 spiro atoms. The third-order valence-electron chi connectivity index (χ3n) is 6.10. The van der Waals surface area contributed by atoms with Crippen LogP contribution in [0.4, 0.5) is 5.69 Å². The number of hydrogen-bond donors (Lipinski definition) is 0. The van der Waals surface area contributed by atoms with Gasteiger partial charge in [-0.3, -0.25) is 9.20 Å². The Morgan fingerprint density at radius 1 is 1.06 bits per heavy atom. The molecule has 3 heterocycles. The summed E-state index contributed by atoms with van der Waals surface area (Å²) < 4.78 is 12.8. The fourth-order valence-corrected chi connectivity index (χ4v) is 5.30. The Balaban J connectivity index is 1.27. The summed E-state index contributed by atoms with van der Waals surface area (Å²) in [6, 6.07) is 13.6. The summed E-state index contributed by atoms with van der Waals surface area (Å²) in [6.07, 6.45) is 2.33. The van der Waals surface area contributed by atoms with Crippen LogP contribution >= 0.6 is 22.9 Å². The van der Waals surface area contributed by atoms with Gasteiger partial charge in [0.1, 0.15) is 0 Å². The van der Waals surface area contributed by atoms with Crippen LogP contribution in [0.2, 0.25) is 5.02 Å². The van der Waals surface area contributed by atoms with Crippen molar-refractivity contribution in [2.24, 2.45) is 0 Å². The van der Waals surface area contributed by atoms with Crippen molar-refractivity contribution in [3.63, 3.8) is 0 Å². The fourth-order valence-electron chi connectivity index (χ4n) is 4.24. The van der Waals surface area contributed by atoms with Gasteiger partial charge in [0.25, 0.3) is 0 Å². The van der Waals surface area contributed by atoms with Crippen LogP contribution in [0.1, 0.15) is 5.69 Å². The van der Waals surface area contributed by atoms with Crippen LogP contribution in [-0.4, -0.2) is 60.6 Å². The number of hydrogen-bond acceptors (Lipinski definition) is 6. The van der Waals surface area contributed by atoms with E-state index in [1.54, 1.807) is 14.2 Å². The molecule has 1 amide bonds. The molecular formula is C25H25ClN4O3S. The van der Waals surface area contributed by atoms with Gasteiger partial charge in [0.2, 0.25) is 5.91 Å². The Morgan fingerprint density at radius 2 is 1.85 bits per heavy atom. The van der Waals surface area contributed by atoms with Gasteiger partial charge in [-0.2, -0.15) is 0 Å². The van der Waals surface area contributed by atoms with E-state index in [1.165, 1.54) is 11.3 Å². The Hall–Kier alpha value is -3.23. The van der Waals surface area contributed by atoms with Crippen molar-refractivity contribution >= 4 is 39.5 Å². The number of carbonyl (C=O) groups excluding carboxylic acids is 1. The first-order chi connectivity index (χ1) is 16.6. The van der Waals surface area contributed by atoms with Crippen molar-refractivity contribution in [1.82, 2.24) is 14.3 Å². The number of halogens is 1. The molecule has 1 fully saturated rings. The standard InChI is InChI=1S/C25H25ClN4O3S/c1-32-22-7-6-17(12-23(22)33-2)21-15-30-20(16-34-25(30)27-21)14-24(31)29-10-8-28(9-11-29)19-5-3-4-18(26)13-19/h3-7,12-13,15-16H,8-11,14H2,1-2H3. The zero-order valence-electron chi connectivity index (χ0n) is 19.0. The average Bonchev–Trinajstić information content (AvgIpc) is 3.45. The molecule has 0 radical (unpaired) electrons. The van der Waals surface area contributed by atoms with Crippen LogP contribution in [0.3, 0.4) is 0 Å². The van der Waals surface area contributed by atoms with Crippen molar-refractivity contribution in [1.29, 1.82) is 0 Å². The van der Waals surface area contributed by atoms with Gasteiger partial charge in [0.05, 0.1) is 26.3 Å². The molecule has 0 saturated carbocycles. The van der Waals surface area contributed by atoms with Crippen LogP contribution < -0.4 is 14.4 Å². The zero-order valence-corrected chi connectivity index (χ0v) is 20.6. The number of methoxy groups -OCH3 is 2. The molecule has 2 aromatic heterocycles. The lowest BCUT2D eigenvalue weighted by Gasteiger charge is -2.36. The van der Waals surface area contributed by atoms with Crippen LogP contribution in [-0.2, 0) is 11.2 Å². The number of rotatable bonds is 6. The van der Waals surface area contributed by atoms with Crippen LogP contribution in [0.15, 0.2) is 54.0 Å². The molecule has 7 nitrogen and oxygen atoms in total. The molecular weight excluding hydrogens is 472 g/mol. The van der Waals surface area contributed by atoms with Crippen LogP contribution in [0, 0.1) is 0 Å². The molecule has 1 aliphatic rings. The lowest BCUT2D eigenvalue weighted by molar-refractivity contribution is -0.130. The number of anilines is 1. The first-order valence-electron chi connectivity index (χ1n) is 11.0. The molecule has 1 aliphatic heterocycles. The number of carbonyl (C=O) groups is 1. The predicted molar refractivity (Wildman–Crippen MR) is 136 cm³/mol. The number of amides is 1. The number of thiazole rings is 1. The van der Waals surface area contributed by atoms with Crippen molar-refractivity contribution in [3.05, 3.63) is 64.8 Å². The topological polar surface area (TPSA) is 59.3 Å². The molecule has 0 N–H and O–H groups in total. The molecule has 0 atom stereocenters. The van der Waals surface area contributed by atoms with Gasteiger partial charge in [0, 0.05) is 59.7 Å². The van der Waals surface area contributed by atoms with Gasteiger partial charge in [-0.1, -0.05) is 17.7 Å². The van der Waals surface area contributed by atoms with E-state index in [-0.39, 0.29) is 5.91 Å². The van der Waals surface area contributed by atoms with E-state index in [2.05, 4.69) is 11.0 Å². The maximum absolute atomic E-state index is 13.1. The second kappa shape index (κ2) is 9.56. The zero-order chi connectivity index (χ0) is 23.7. The smallest absolute Gasteiger partial charge is 0.228 e. The molecule has 2 aromatic carbocycles. The highest BCUT2D eigenvalue weighted by Crippen LogP contribution is 2.33. The molecule has 0 aliphatic carbocycles. The first-order valence-corrected chi connectivity index (χ1v) is 12.3.